The summed E-state index contributed by atoms with van der Waals surface area (Å²) >= 11 is 0. The Balaban J connectivity index is 2.95. The second-order valence-corrected chi connectivity index (χ2v) is 8.00. The van der Waals surface area contributed by atoms with Crippen LogP contribution in [0.3, 0.4) is 0 Å². The Morgan fingerprint density at radius 3 is 1.74 bits per heavy atom. The van der Waals surface area contributed by atoms with E-state index >= 15 is 0 Å². The minimum atomic E-state index is 0.346. The minimum Gasteiger partial charge on any atom is -0.508 e. The average Bonchev–Trinajstić information content (AvgIpc) is 2.66. The van der Waals surface area contributed by atoms with Gasteiger partial charge in [-0.1, -0.05) is 66.2 Å². The maximum Gasteiger partial charge on any atom is 0.120 e. The summed E-state index contributed by atoms with van der Waals surface area (Å²) in [5.41, 5.74) is 1.79. The van der Waals surface area contributed by atoms with Crippen LogP contribution in [0.25, 0.3) is 0 Å². The van der Waals surface area contributed by atoms with Gasteiger partial charge < -0.3 is 10.2 Å². The quantitative estimate of drug-likeness (QED) is 0.325. The maximum atomic E-state index is 10.7. The van der Waals surface area contributed by atoms with Crippen molar-refractivity contribution in [1.82, 2.24) is 4.90 Å². The molecule has 3 heteroatoms. The third kappa shape index (κ3) is 8.55. The smallest absolute Gasteiger partial charge is 0.120 e. The molecule has 2 N–H and O–H groups in total. The summed E-state index contributed by atoms with van der Waals surface area (Å²) in [6, 6.07) is 3.67. The van der Waals surface area contributed by atoms with E-state index in [2.05, 4.69) is 32.6 Å². The van der Waals surface area contributed by atoms with Crippen molar-refractivity contribution >= 4 is 0 Å². The highest BCUT2D eigenvalue weighted by atomic mass is 16.3. The normalized spacial score (nSPS) is 11.6. The number of unbranched alkanes of at least 4 members (excludes halogenated alkanes) is 4. The van der Waals surface area contributed by atoms with Gasteiger partial charge in [-0.05, 0) is 56.8 Å². The lowest BCUT2D eigenvalue weighted by Gasteiger charge is -2.24. The molecule has 0 saturated heterocycles. The molecule has 0 bridgehead atoms. The molecule has 0 atom stereocenters. The molecule has 0 fully saturated rings. The van der Waals surface area contributed by atoms with Crippen LogP contribution in [-0.2, 0) is 6.54 Å². The van der Waals surface area contributed by atoms with Crippen LogP contribution in [-0.4, -0.2) is 28.2 Å². The second-order valence-electron chi connectivity index (χ2n) is 8.00. The fourth-order valence-electron chi connectivity index (χ4n) is 3.72. The van der Waals surface area contributed by atoms with Crippen molar-refractivity contribution < 1.29 is 10.2 Å². The summed E-state index contributed by atoms with van der Waals surface area (Å²) in [7, 11) is 0. The van der Waals surface area contributed by atoms with Gasteiger partial charge in [0, 0.05) is 17.7 Å². The third-order valence-electron chi connectivity index (χ3n) is 5.53. The van der Waals surface area contributed by atoms with Crippen LogP contribution in [0.1, 0.15) is 109 Å². The van der Waals surface area contributed by atoms with Crippen LogP contribution in [0.4, 0.5) is 0 Å². The predicted molar refractivity (Wildman–Crippen MR) is 117 cm³/mol. The van der Waals surface area contributed by atoms with E-state index in [9.17, 15) is 10.2 Å². The molecular weight excluding hydrogens is 334 g/mol. The Labute approximate surface area is 167 Å². The molecule has 27 heavy (non-hydrogen) atoms. The summed E-state index contributed by atoms with van der Waals surface area (Å²) in [5.74, 6) is 1.06. The third-order valence-corrected chi connectivity index (χ3v) is 5.53. The number of nitrogens with zero attached hydrogens (tertiary/aromatic N) is 1. The predicted octanol–water partition coefficient (Wildman–Crippen LogP) is 6.96. The zero-order valence-corrected chi connectivity index (χ0v) is 18.3. The molecule has 0 heterocycles. The highest BCUT2D eigenvalue weighted by Crippen LogP contribution is 2.38. The van der Waals surface area contributed by atoms with Crippen LogP contribution in [0.5, 0.6) is 11.5 Å². The summed E-state index contributed by atoms with van der Waals surface area (Å²) in [4.78, 5) is 2.41. The average molecular weight is 378 g/mol. The maximum absolute atomic E-state index is 10.7. The van der Waals surface area contributed by atoms with Gasteiger partial charge in [0.05, 0.1) is 0 Å². The van der Waals surface area contributed by atoms with Gasteiger partial charge in [0.15, 0.2) is 0 Å². The fourth-order valence-corrected chi connectivity index (χ4v) is 3.72. The van der Waals surface area contributed by atoms with Crippen molar-refractivity contribution in [3.05, 3.63) is 23.3 Å². The zero-order chi connectivity index (χ0) is 20.1. The molecule has 0 aliphatic heterocycles. The standard InChI is InChI=1S/C24H43NO2/c1-5-9-13-20(14-10-6-2)22-18-23(26)21(17-24(22)27)19-25(15-11-7-3)16-12-8-4/h17-18,20,26-27H,5-16,19H2,1-4H3. The summed E-state index contributed by atoms with van der Waals surface area (Å²) in [6.07, 6.45) is 11.5. The van der Waals surface area contributed by atoms with Crippen molar-refractivity contribution in [3.63, 3.8) is 0 Å². The monoisotopic (exact) mass is 377 g/mol. The van der Waals surface area contributed by atoms with Gasteiger partial charge in [0.25, 0.3) is 0 Å². The van der Waals surface area contributed by atoms with E-state index in [0.717, 1.165) is 62.7 Å². The van der Waals surface area contributed by atoms with E-state index in [1.54, 1.807) is 0 Å². The highest BCUT2D eigenvalue weighted by molar-refractivity contribution is 5.46. The van der Waals surface area contributed by atoms with Crippen LogP contribution < -0.4 is 0 Å². The first kappa shape index (κ1) is 23.8. The van der Waals surface area contributed by atoms with E-state index in [1.165, 1.54) is 25.7 Å². The molecule has 3 nitrogen and oxygen atoms in total. The lowest BCUT2D eigenvalue weighted by molar-refractivity contribution is 0.253. The van der Waals surface area contributed by atoms with Gasteiger partial charge in [-0.25, -0.2) is 0 Å². The number of phenols is 2. The number of hydrogen-bond donors (Lipinski definition) is 2. The van der Waals surface area contributed by atoms with E-state index in [-0.39, 0.29) is 0 Å². The molecule has 0 unspecified atom stereocenters. The van der Waals surface area contributed by atoms with Crippen molar-refractivity contribution in [2.75, 3.05) is 13.1 Å². The van der Waals surface area contributed by atoms with Crippen molar-refractivity contribution in [1.29, 1.82) is 0 Å². The zero-order valence-electron chi connectivity index (χ0n) is 18.3. The SMILES string of the molecule is CCCCC(CCCC)c1cc(O)c(CN(CCCC)CCCC)cc1O. The molecule has 0 aliphatic carbocycles. The Morgan fingerprint density at radius 1 is 0.741 bits per heavy atom. The summed E-state index contributed by atoms with van der Waals surface area (Å²) in [6.45, 7) is 11.7. The van der Waals surface area contributed by atoms with Gasteiger partial charge >= 0.3 is 0 Å². The Morgan fingerprint density at radius 2 is 1.26 bits per heavy atom. The van der Waals surface area contributed by atoms with Crippen molar-refractivity contribution in [2.45, 2.75) is 104 Å². The van der Waals surface area contributed by atoms with Gasteiger partial charge in [-0.3, -0.25) is 4.90 Å². The van der Waals surface area contributed by atoms with Gasteiger partial charge in [-0.2, -0.15) is 0 Å². The first-order valence-corrected chi connectivity index (χ1v) is 11.3. The van der Waals surface area contributed by atoms with Crippen molar-refractivity contribution in [3.8, 4) is 11.5 Å². The van der Waals surface area contributed by atoms with Crippen LogP contribution in [0.2, 0.25) is 0 Å². The van der Waals surface area contributed by atoms with Gasteiger partial charge in [-0.15, -0.1) is 0 Å². The van der Waals surface area contributed by atoms with Gasteiger partial charge in [0.2, 0.25) is 0 Å². The molecule has 156 valence electrons. The van der Waals surface area contributed by atoms with Crippen LogP contribution >= 0.6 is 0 Å². The topological polar surface area (TPSA) is 43.7 Å². The lowest BCUT2D eigenvalue weighted by atomic mass is 9.87. The molecule has 0 aromatic heterocycles. The molecular formula is C24H43NO2. The molecule has 0 spiro atoms. The summed E-state index contributed by atoms with van der Waals surface area (Å²) < 4.78 is 0. The number of hydrogen-bond acceptors (Lipinski definition) is 3. The Kier molecular flexibility index (Phi) is 12.2. The fraction of sp³-hybridized carbons (Fsp3) is 0.750. The number of rotatable bonds is 15. The first-order chi connectivity index (χ1) is 13.1. The van der Waals surface area contributed by atoms with E-state index in [0.29, 0.717) is 24.0 Å². The largest absolute Gasteiger partial charge is 0.508 e. The molecule has 0 amide bonds. The van der Waals surface area contributed by atoms with E-state index < -0.39 is 0 Å². The second kappa shape index (κ2) is 13.9. The first-order valence-electron chi connectivity index (χ1n) is 11.3. The van der Waals surface area contributed by atoms with Crippen molar-refractivity contribution in [2.24, 2.45) is 0 Å². The Bertz CT molecular complexity index is 499. The minimum absolute atomic E-state index is 0.346. The van der Waals surface area contributed by atoms with Crippen LogP contribution in [0.15, 0.2) is 12.1 Å². The Hall–Kier alpha value is -1.22. The lowest BCUT2D eigenvalue weighted by Crippen LogP contribution is -2.25. The number of benzene rings is 1. The molecule has 1 aromatic rings. The van der Waals surface area contributed by atoms with E-state index in [1.807, 2.05) is 12.1 Å². The summed E-state index contributed by atoms with van der Waals surface area (Å²) in [5, 5.41) is 21.4. The molecule has 0 radical (unpaired) electrons. The molecule has 0 aliphatic rings. The molecule has 0 saturated carbocycles. The van der Waals surface area contributed by atoms with Crippen LogP contribution in [0, 0.1) is 0 Å². The highest BCUT2D eigenvalue weighted by Gasteiger charge is 2.18. The van der Waals surface area contributed by atoms with E-state index in [4.69, 9.17) is 0 Å². The number of aromatic hydroxyl groups is 2. The van der Waals surface area contributed by atoms with Gasteiger partial charge in [0.1, 0.15) is 11.5 Å². The molecule has 1 rings (SSSR count). The molecule has 1 aromatic carbocycles. The number of phenolic OH excluding ortho intramolecular Hbond substituents is 2.